The number of anilines is 1. The molecule has 0 fully saturated rings. The molecule has 2 aromatic rings. The van der Waals surface area contributed by atoms with Gasteiger partial charge >= 0.3 is 0 Å². The van der Waals surface area contributed by atoms with E-state index < -0.39 is 0 Å². The van der Waals surface area contributed by atoms with Gasteiger partial charge in [0.1, 0.15) is 5.75 Å². The zero-order valence-electron chi connectivity index (χ0n) is 12.9. The zero-order chi connectivity index (χ0) is 14.8. The van der Waals surface area contributed by atoms with Gasteiger partial charge in [-0.3, -0.25) is 4.98 Å². The third kappa shape index (κ3) is 2.81. The lowest BCUT2D eigenvalue weighted by atomic mass is 10.0. The highest BCUT2D eigenvalue weighted by molar-refractivity contribution is 5.94. The molecule has 4 nitrogen and oxygen atoms in total. The maximum absolute atomic E-state index is 5.81. The van der Waals surface area contributed by atoms with Crippen molar-refractivity contribution >= 4 is 16.6 Å². The summed E-state index contributed by atoms with van der Waals surface area (Å²) in [5.41, 5.74) is 4.51. The van der Waals surface area contributed by atoms with Gasteiger partial charge in [0.2, 0.25) is 0 Å². The summed E-state index contributed by atoms with van der Waals surface area (Å²) in [5.74, 6) is 0.884. The van der Waals surface area contributed by atoms with Gasteiger partial charge in [0, 0.05) is 23.9 Å². The number of rotatable bonds is 4. The van der Waals surface area contributed by atoms with Crippen molar-refractivity contribution < 1.29 is 9.47 Å². The molecule has 0 aliphatic carbocycles. The number of nitrogens with one attached hydrogen (secondary N) is 1. The first-order valence-electron chi connectivity index (χ1n) is 7.62. The quantitative estimate of drug-likeness (QED) is 0.934. The molecule has 0 atom stereocenters. The first-order valence-corrected chi connectivity index (χ1v) is 7.62. The second kappa shape index (κ2) is 5.90. The minimum Gasteiger partial charge on any atom is -0.491 e. The van der Waals surface area contributed by atoms with Gasteiger partial charge in [0.25, 0.3) is 0 Å². The van der Waals surface area contributed by atoms with Gasteiger partial charge < -0.3 is 14.8 Å². The van der Waals surface area contributed by atoms with E-state index in [1.165, 1.54) is 5.56 Å². The van der Waals surface area contributed by atoms with Gasteiger partial charge in [-0.05, 0) is 39.0 Å². The number of pyridine rings is 1. The van der Waals surface area contributed by atoms with Crippen molar-refractivity contribution in [3.05, 3.63) is 29.5 Å². The van der Waals surface area contributed by atoms with Crippen LogP contribution < -0.4 is 10.1 Å². The monoisotopic (exact) mass is 286 g/mol. The average molecular weight is 286 g/mol. The van der Waals surface area contributed by atoms with Gasteiger partial charge in [0.05, 0.1) is 36.2 Å². The van der Waals surface area contributed by atoms with E-state index in [4.69, 9.17) is 14.5 Å². The van der Waals surface area contributed by atoms with Crippen LogP contribution in [-0.2, 0) is 17.8 Å². The van der Waals surface area contributed by atoms with E-state index in [1.807, 2.05) is 26.0 Å². The number of ether oxygens (including phenoxy) is 2. The highest BCUT2D eigenvalue weighted by atomic mass is 16.5. The highest BCUT2D eigenvalue weighted by Crippen LogP contribution is 2.33. The van der Waals surface area contributed by atoms with Gasteiger partial charge in [-0.2, -0.15) is 0 Å². The van der Waals surface area contributed by atoms with Crippen LogP contribution in [0.4, 0.5) is 5.69 Å². The highest BCUT2D eigenvalue weighted by Gasteiger charge is 2.18. The van der Waals surface area contributed by atoms with Crippen LogP contribution in [0.1, 0.15) is 32.0 Å². The second-order valence-electron chi connectivity index (χ2n) is 5.59. The summed E-state index contributed by atoms with van der Waals surface area (Å²) in [7, 11) is 0. The summed E-state index contributed by atoms with van der Waals surface area (Å²) >= 11 is 0. The Labute approximate surface area is 125 Å². The van der Waals surface area contributed by atoms with Crippen molar-refractivity contribution in [1.82, 2.24) is 4.98 Å². The molecule has 1 N–H and O–H groups in total. The molecule has 1 aliphatic heterocycles. The normalized spacial score (nSPS) is 14.3. The lowest BCUT2D eigenvalue weighted by Gasteiger charge is -2.22. The van der Waals surface area contributed by atoms with Crippen LogP contribution in [0.15, 0.2) is 18.2 Å². The first kappa shape index (κ1) is 14.1. The molecule has 21 heavy (non-hydrogen) atoms. The summed E-state index contributed by atoms with van der Waals surface area (Å²) in [6.07, 6.45) is 1.05. The van der Waals surface area contributed by atoms with Gasteiger partial charge in [-0.15, -0.1) is 0 Å². The molecular weight excluding hydrogens is 264 g/mol. The molecule has 0 amide bonds. The largest absolute Gasteiger partial charge is 0.491 e. The van der Waals surface area contributed by atoms with Gasteiger partial charge in [0.15, 0.2) is 0 Å². The Hall–Kier alpha value is -1.81. The Balaban J connectivity index is 2.16. The molecule has 2 heterocycles. The molecule has 3 rings (SSSR count). The first-order chi connectivity index (χ1) is 10.2. The fraction of sp³-hybridized carbons (Fsp3) is 0.471. The molecule has 1 aromatic carbocycles. The zero-order valence-corrected chi connectivity index (χ0v) is 12.9. The van der Waals surface area contributed by atoms with E-state index in [1.54, 1.807) is 0 Å². The Kier molecular flexibility index (Phi) is 3.97. The molecule has 1 aromatic heterocycles. The molecule has 0 bridgehead atoms. The Morgan fingerprint density at radius 2 is 2.24 bits per heavy atom. The lowest BCUT2D eigenvalue weighted by molar-refractivity contribution is 0.110. The van der Waals surface area contributed by atoms with Crippen LogP contribution in [-0.4, -0.2) is 24.2 Å². The molecule has 0 spiro atoms. The number of benzene rings is 1. The third-order valence-electron chi connectivity index (χ3n) is 3.60. The van der Waals surface area contributed by atoms with Crippen molar-refractivity contribution in [1.29, 1.82) is 0 Å². The maximum atomic E-state index is 5.81. The predicted molar refractivity (Wildman–Crippen MR) is 85.0 cm³/mol. The minimum absolute atomic E-state index is 0.166. The number of fused-ring (bicyclic) bond motifs is 2. The predicted octanol–water partition coefficient (Wildman–Crippen LogP) is 3.53. The van der Waals surface area contributed by atoms with Crippen molar-refractivity contribution in [2.75, 3.05) is 18.5 Å². The molecule has 0 radical (unpaired) electrons. The van der Waals surface area contributed by atoms with Crippen molar-refractivity contribution in [3.63, 3.8) is 0 Å². The maximum Gasteiger partial charge on any atom is 0.120 e. The fourth-order valence-corrected chi connectivity index (χ4v) is 2.76. The molecule has 0 saturated carbocycles. The van der Waals surface area contributed by atoms with Crippen LogP contribution in [0.2, 0.25) is 0 Å². The van der Waals surface area contributed by atoms with E-state index in [-0.39, 0.29) is 6.10 Å². The van der Waals surface area contributed by atoms with Crippen LogP contribution in [0.5, 0.6) is 5.75 Å². The number of nitrogens with zero attached hydrogens (tertiary/aromatic N) is 1. The summed E-state index contributed by atoms with van der Waals surface area (Å²) in [5, 5.41) is 4.59. The van der Waals surface area contributed by atoms with Crippen molar-refractivity contribution in [2.24, 2.45) is 0 Å². The summed E-state index contributed by atoms with van der Waals surface area (Å²) in [4.78, 5) is 4.80. The molecule has 112 valence electrons. The minimum atomic E-state index is 0.166. The Morgan fingerprint density at radius 3 is 3.00 bits per heavy atom. The summed E-state index contributed by atoms with van der Waals surface area (Å²) in [6.45, 7) is 8.45. The van der Waals surface area contributed by atoms with Crippen LogP contribution >= 0.6 is 0 Å². The standard InChI is InChI=1S/C17H22N2O2/c1-4-18-17-13-9-12(21-11(2)3)5-6-15(13)19-16-7-8-20-10-14(16)17/h5-6,9,11H,4,7-8,10H2,1-3H3,(H,18,19). The Bertz CT molecular complexity index is 653. The lowest BCUT2D eigenvalue weighted by Crippen LogP contribution is -2.15. The molecule has 4 heteroatoms. The number of hydrogen-bond donors (Lipinski definition) is 1. The van der Waals surface area contributed by atoms with Gasteiger partial charge in [-0.25, -0.2) is 0 Å². The second-order valence-corrected chi connectivity index (χ2v) is 5.59. The van der Waals surface area contributed by atoms with Crippen molar-refractivity contribution in [3.8, 4) is 5.75 Å². The van der Waals surface area contributed by atoms with E-state index in [2.05, 4.69) is 18.3 Å². The topological polar surface area (TPSA) is 43.4 Å². The summed E-state index contributed by atoms with van der Waals surface area (Å²) < 4.78 is 11.4. The number of aromatic nitrogens is 1. The van der Waals surface area contributed by atoms with Crippen LogP contribution in [0, 0.1) is 0 Å². The molecule has 0 unspecified atom stereocenters. The summed E-state index contributed by atoms with van der Waals surface area (Å²) in [6, 6.07) is 6.12. The molecule has 1 aliphatic rings. The number of hydrogen-bond acceptors (Lipinski definition) is 4. The van der Waals surface area contributed by atoms with Crippen LogP contribution in [0.3, 0.4) is 0 Å². The van der Waals surface area contributed by atoms with Crippen molar-refractivity contribution in [2.45, 2.75) is 39.9 Å². The SMILES string of the molecule is CCNc1c2c(nc3ccc(OC(C)C)cc13)CCOC2. The Morgan fingerprint density at radius 1 is 1.38 bits per heavy atom. The van der Waals surface area contributed by atoms with E-state index in [0.29, 0.717) is 6.61 Å². The van der Waals surface area contributed by atoms with E-state index in [9.17, 15) is 0 Å². The van der Waals surface area contributed by atoms with E-state index in [0.717, 1.165) is 47.6 Å². The van der Waals surface area contributed by atoms with Crippen LogP contribution in [0.25, 0.3) is 10.9 Å². The average Bonchev–Trinajstić information content (AvgIpc) is 2.47. The fourth-order valence-electron chi connectivity index (χ4n) is 2.76. The van der Waals surface area contributed by atoms with E-state index >= 15 is 0 Å². The molecule has 0 saturated heterocycles. The smallest absolute Gasteiger partial charge is 0.120 e. The molecular formula is C17H22N2O2. The third-order valence-corrected chi connectivity index (χ3v) is 3.60. The van der Waals surface area contributed by atoms with Gasteiger partial charge in [-0.1, -0.05) is 0 Å².